The van der Waals surface area contributed by atoms with E-state index in [-0.39, 0.29) is 48.7 Å². The van der Waals surface area contributed by atoms with Crippen LogP contribution < -0.4 is 34.7 Å². The molecule has 0 heterocycles. The number of likely N-dealkylation sites (N-methyl/N-ethyl adjacent to an activating group) is 1. The molecule has 0 N–H and O–H groups in total. The van der Waals surface area contributed by atoms with E-state index in [2.05, 4.69) is 0 Å². The largest absolute Gasteiger partial charge is 1.00 e. The molecule has 0 bridgehead atoms. The third-order valence-electron chi connectivity index (χ3n) is 2.58. The maximum absolute atomic E-state index is 11.8. The van der Waals surface area contributed by atoms with Crippen LogP contribution >= 0.6 is 0 Å². The average Bonchev–Trinajstić information content (AvgIpc) is 2.30. The Balaban J connectivity index is 0. The van der Waals surface area contributed by atoms with Gasteiger partial charge in [-0.1, -0.05) is 19.3 Å². The van der Waals surface area contributed by atoms with Crippen molar-refractivity contribution >= 4 is 11.9 Å². The number of amides is 1. The molecule has 6 heteroatoms. The summed E-state index contributed by atoms with van der Waals surface area (Å²) in [6.07, 6.45) is 4.32. The van der Waals surface area contributed by atoms with Crippen LogP contribution in [0, 0.1) is 0 Å². The Bertz CT molecular complexity index is 239. The molecule has 0 rings (SSSR count). The normalized spacial score (nSPS) is 9.67. The van der Waals surface area contributed by atoms with E-state index in [1.807, 2.05) is 0 Å². The van der Waals surface area contributed by atoms with Gasteiger partial charge >= 0.3 is 29.6 Å². The van der Waals surface area contributed by atoms with Crippen molar-refractivity contribution in [1.29, 1.82) is 0 Å². The van der Waals surface area contributed by atoms with Crippen LogP contribution in [0.25, 0.3) is 0 Å². The molecule has 1 amide bonds. The maximum atomic E-state index is 11.8. The van der Waals surface area contributed by atoms with Crippen LogP contribution in [0.5, 0.6) is 0 Å². The van der Waals surface area contributed by atoms with E-state index >= 15 is 0 Å². The Hall–Kier alpha value is -0.130. The van der Waals surface area contributed by atoms with Crippen LogP contribution in [0.2, 0.25) is 0 Å². The monoisotopic (exact) mass is 269 g/mol. The maximum Gasteiger partial charge on any atom is 1.00 e. The zero-order valence-electron chi connectivity index (χ0n) is 11.4. The number of carbonyl (C=O) groups is 2. The fourth-order valence-electron chi connectivity index (χ4n) is 1.59. The minimum absolute atomic E-state index is 0. The van der Waals surface area contributed by atoms with Gasteiger partial charge < -0.3 is 14.8 Å². The molecule has 4 nitrogen and oxygen atoms in total. The Morgan fingerprint density at radius 3 is 2.17 bits per heavy atom. The Morgan fingerprint density at radius 1 is 1.11 bits per heavy atom. The SMILES string of the molecule is CCN(CC(=O)[O-])C(=O)CCCCCCCF.[Na+]. The van der Waals surface area contributed by atoms with Gasteiger partial charge in [0.05, 0.1) is 19.2 Å². The number of nitrogens with zero attached hydrogens (tertiary/aromatic N) is 1. The molecule has 0 aliphatic heterocycles. The van der Waals surface area contributed by atoms with Crippen molar-refractivity contribution in [3.8, 4) is 0 Å². The molecule has 0 saturated heterocycles. The van der Waals surface area contributed by atoms with Gasteiger partial charge in [-0.15, -0.1) is 0 Å². The number of carboxylic acids is 1. The fraction of sp³-hybridized carbons (Fsp3) is 0.833. The number of aliphatic carboxylic acids is 1. The minimum Gasteiger partial charge on any atom is -0.548 e. The second-order valence-corrected chi connectivity index (χ2v) is 3.99. The number of halogens is 1. The number of carbonyl (C=O) groups excluding carboxylic acids is 2. The summed E-state index contributed by atoms with van der Waals surface area (Å²) in [7, 11) is 0. The second-order valence-electron chi connectivity index (χ2n) is 3.99. The first-order chi connectivity index (χ1) is 8.11. The predicted molar refractivity (Wildman–Crippen MR) is 60.9 cm³/mol. The van der Waals surface area contributed by atoms with Crippen molar-refractivity contribution in [2.75, 3.05) is 19.8 Å². The molecule has 0 aromatic carbocycles. The zero-order valence-corrected chi connectivity index (χ0v) is 13.4. The van der Waals surface area contributed by atoms with Crippen molar-refractivity contribution in [3.63, 3.8) is 0 Å². The van der Waals surface area contributed by atoms with Gasteiger partial charge in [0.1, 0.15) is 0 Å². The molecule has 0 fully saturated rings. The van der Waals surface area contributed by atoms with Crippen LogP contribution in [0.3, 0.4) is 0 Å². The Morgan fingerprint density at radius 2 is 1.67 bits per heavy atom. The van der Waals surface area contributed by atoms with Crippen molar-refractivity contribution < 1.29 is 48.6 Å². The summed E-state index contributed by atoms with van der Waals surface area (Å²) in [5.74, 6) is -1.38. The standard InChI is InChI=1S/C12H22FNO3.Na/c1-2-14(10-12(16)17)11(15)8-6-4-3-5-7-9-13;/h2-10H2,1H3,(H,16,17);/q;+1/p-1. The zero-order chi connectivity index (χ0) is 13.1. The van der Waals surface area contributed by atoms with E-state index in [4.69, 9.17) is 0 Å². The van der Waals surface area contributed by atoms with E-state index in [0.29, 0.717) is 19.4 Å². The molecular weight excluding hydrogens is 248 g/mol. The molecule has 0 aromatic heterocycles. The summed E-state index contributed by atoms with van der Waals surface area (Å²) >= 11 is 0. The van der Waals surface area contributed by atoms with Gasteiger partial charge in [0, 0.05) is 13.0 Å². The van der Waals surface area contributed by atoms with Crippen LogP contribution in [0.15, 0.2) is 0 Å². The number of unbranched alkanes of at least 4 members (excludes halogenated alkanes) is 4. The van der Waals surface area contributed by atoms with Gasteiger partial charge in [-0.25, -0.2) is 0 Å². The third-order valence-corrected chi connectivity index (χ3v) is 2.58. The first kappa shape index (κ1) is 20.2. The van der Waals surface area contributed by atoms with Gasteiger partial charge in [-0.2, -0.15) is 0 Å². The summed E-state index contributed by atoms with van der Waals surface area (Å²) in [4.78, 5) is 23.2. The summed E-state index contributed by atoms with van der Waals surface area (Å²) in [6.45, 7) is 1.50. The summed E-state index contributed by atoms with van der Waals surface area (Å²) in [5, 5.41) is 10.4. The van der Waals surface area contributed by atoms with E-state index in [0.717, 1.165) is 25.7 Å². The smallest absolute Gasteiger partial charge is 0.548 e. The quantitative estimate of drug-likeness (QED) is 0.337. The summed E-state index contributed by atoms with van der Waals surface area (Å²) in [6, 6.07) is 0. The van der Waals surface area contributed by atoms with Crippen molar-refractivity contribution in [1.82, 2.24) is 4.90 Å². The molecule has 0 aliphatic carbocycles. The van der Waals surface area contributed by atoms with Crippen molar-refractivity contribution in [2.45, 2.75) is 45.4 Å². The van der Waals surface area contributed by atoms with Crippen LogP contribution in [0.1, 0.15) is 45.4 Å². The summed E-state index contributed by atoms with van der Waals surface area (Å²) < 4.78 is 11.8. The van der Waals surface area contributed by atoms with Gasteiger partial charge in [0.2, 0.25) is 5.91 Å². The van der Waals surface area contributed by atoms with Gasteiger partial charge in [0.15, 0.2) is 0 Å². The van der Waals surface area contributed by atoms with E-state index in [1.165, 1.54) is 4.90 Å². The number of rotatable bonds is 10. The van der Waals surface area contributed by atoms with E-state index in [1.54, 1.807) is 6.92 Å². The first-order valence-corrected chi connectivity index (χ1v) is 6.15. The molecule has 0 radical (unpaired) electrons. The first-order valence-electron chi connectivity index (χ1n) is 6.15. The molecule has 0 spiro atoms. The van der Waals surface area contributed by atoms with Crippen LogP contribution in [0.4, 0.5) is 4.39 Å². The van der Waals surface area contributed by atoms with Gasteiger partial charge in [-0.05, 0) is 19.8 Å². The summed E-state index contributed by atoms with van der Waals surface area (Å²) in [5.41, 5.74) is 0. The van der Waals surface area contributed by atoms with E-state index < -0.39 is 5.97 Å². The molecule has 100 valence electrons. The van der Waals surface area contributed by atoms with Gasteiger partial charge in [-0.3, -0.25) is 9.18 Å². The molecule has 18 heavy (non-hydrogen) atoms. The average molecular weight is 269 g/mol. The Kier molecular flexibility index (Phi) is 14.9. The molecule has 0 saturated carbocycles. The van der Waals surface area contributed by atoms with Crippen molar-refractivity contribution in [3.05, 3.63) is 0 Å². The number of hydrogen-bond donors (Lipinski definition) is 0. The van der Waals surface area contributed by atoms with E-state index in [9.17, 15) is 19.1 Å². The fourth-order valence-corrected chi connectivity index (χ4v) is 1.59. The number of hydrogen-bond acceptors (Lipinski definition) is 3. The minimum atomic E-state index is -1.23. The van der Waals surface area contributed by atoms with Crippen molar-refractivity contribution in [2.24, 2.45) is 0 Å². The second kappa shape index (κ2) is 13.3. The van der Waals surface area contributed by atoms with Crippen LogP contribution in [-0.2, 0) is 9.59 Å². The molecule has 0 aliphatic rings. The molecular formula is C12H21FNNaO3. The topological polar surface area (TPSA) is 60.4 Å². The van der Waals surface area contributed by atoms with Crippen LogP contribution in [-0.4, -0.2) is 36.5 Å². The molecule has 0 aromatic rings. The Labute approximate surface area is 130 Å². The number of alkyl halides is 1. The predicted octanol–water partition coefficient (Wildman–Crippen LogP) is -2.10. The molecule has 0 unspecified atom stereocenters. The third kappa shape index (κ3) is 11.0. The molecule has 0 atom stereocenters. The van der Waals surface area contributed by atoms with Gasteiger partial charge in [0.25, 0.3) is 0 Å². The number of carboxylic acid groups (broad SMARTS) is 1.